The van der Waals surface area contributed by atoms with Crippen molar-refractivity contribution in [3.63, 3.8) is 0 Å². The molecule has 0 heterocycles. The molecule has 2 aromatic carbocycles. The summed E-state index contributed by atoms with van der Waals surface area (Å²) in [5, 5.41) is 8.12. The third kappa shape index (κ3) is 9.91. The first-order valence-corrected chi connectivity index (χ1v) is 12.3. The van der Waals surface area contributed by atoms with Crippen LogP contribution in [-0.4, -0.2) is 49.9 Å². The SMILES string of the molecule is CCOc1cc(C(=O)Nc2ccc(NC(=O)CCNC(=O)OC(C)(C)C)cc2)cc(OCC)c1OCC. The molecule has 0 saturated heterocycles. The van der Waals surface area contributed by atoms with E-state index < -0.39 is 11.7 Å². The quantitative estimate of drug-likeness (QED) is 0.364. The number of carbonyl (C=O) groups excluding carboxylic acids is 3. The molecule has 10 nitrogen and oxygen atoms in total. The lowest BCUT2D eigenvalue weighted by Crippen LogP contribution is -2.34. The number of nitrogens with one attached hydrogen (secondary N) is 3. The van der Waals surface area contributed by atoms with Crippen LogP contribution in [0.2, 0.25) is 0 Å². The Hall–Kier alpha value is -3.95. The van der Waals surface area contributed by atoms with E-state index in [0.717, 1.165) is 0 Å². The summed E-state index contributed by atoms with van der Waals surface area (Å²) in [4.78, 5) is 36.8. The van der Waals surface area contributed by atoms with Crippen LogP contribution in [0.5, 0.6) is 17.2 Å². The Morgan fingerprint density at radius 1 is 0.784 bits per heavy atom. The smallest absolute Gasteiger partial charge is 0.407 e. The molecular weight excluding hydrogens is 478 g/mol. The normalized spacial score (nSPS) is 10.8. The molecule has 3 amide bonds. The summed E-state index contributed by atoms with van der Waals surface area (Å²) in [6, 6.07) is 9.93. The average molecular weight is 516 g/mol. The van der Waals surface area contributed by atoms with Gasteiger partial charge in [-0.05, 0) is 77.9 Å². The van der Waals surface area contributed by atoms with Crippen molar-refractivity contribution in [3.05, 3.63) is 42.0 Å². The number of alkyl carbamates (subject to hydrolysis) is 1. The number of benzene rings is 2. The van der Waals surface area contributed by atoms with E-state index in [1.807, 2.05) is 20.8 Å². The summed E-state index contributed by atoms with van der Waals surface area (Å²) in [7, 11) is 0. The molecule has 0 aliphatic heterocycles. The zero-order chi connectivity index (χ0) is 27.4. The van der Waals surface area contributed by atoms with Crippen molar-refractivity contribution in [2.24, 2.45) is 0 Å². The van der Waals surface area contributed by atoms with Crippen LogP contribution in [0.15, 0.2) is 36.4 Å². The molecular formula is C27H37N3O7. The summed E-state index contributed by atoms with van der Waals surface area (Å²) in [5.74, 6) is 0.701. The number of hydrogen-bond donors (Lipinski definition) is 3. The number of amides is 3. The zero-order valence-corrected chi connectivity index (χ0v) is 22.4. The molecule has 37 heavy (non-hydrogen) atoms. The van der Waals surface area contributed by atoms with Gasteiger partial charge >= 0.3 is 6.09 Å². The summed E-state index contributed by atoms with van der Waals surface area (Å²) >= 11 is 0. The monoisotopic (exact) mass is 515 g/mol. The van der Waals surface area contributed by atoms with Gasteiger partial charge in [0, 0.05) is 29.9 Å². The highest BCUT2D eigenvalue weighted by Crippen LogP contribution is 2.39. The number of rotatable bonds is 12. The maximum Gasteiger partial charge on any atom is 0.407 e. The molecule has 0 aromatic heterocycles. The number of ether oxygens (including phenoxy) is 4. The van der Waals surface area contributed by atoms with Gasteiger partial charge in [-0.1, -0.05) is 0 Å². The molecule has 0 unspecified atom stereocenters. The highest BCUT2D eigenvalue weighted by Gasteiger charge is 2.19. The molecule has 0 fully saturated rings. The molecule has 0 atom stereocenters. The fourth-order valence-corrected chi connectivity index (χ4v) is 3.18. The van der Waals surface area contributed by atoms with Crippen molar-refractivity contribution in [1.29, 1.82) is 0 Å². The van der Waals surface area contributed by atoms with Crippen molar-refractivity contribution in [2.75, 3.05) is 37.0 Å². The summed E-state index contributed by atoms with van der Waals surface area (Å²) < 4.78 is 22.2. The molecule has 10 heteroatoms. The van der Waals surface area contributed by atoms with Gasteiger partial charge in [-0.3, -0.25) is 9.59 Å². The molecule has 0 bridgehead atoms. The lowest BCUT2D eigenvalue weighted by molar-refractivity contribution is -0.116. The lowest BCUT2D eigenvalue weighted by Gasteiger charge is -2.19. The molecule has 0 spiro atoms. The van der Waals surface area contributed by atoms with Gasteiger partial charge in [0.2, 0.25) is 11.7 Å². The molecule has 0 aliphatic rings. The predicted molar refractivity (Wildman–Crippen MR) is 142 cm³/mol. The van der Waals surface area contributed by atoms with E-state index in [1.54, 1.807) is 57.2 Å². The Bertz CT molecular complexity index is 1040. The standard InChI is InChI=1S/C27H37N3O7/c1-7-34-21-16-18(17-22(35-8-2)24(21)36-9-3)25(32)30-20-12-10-19(11-13-20)29-23(31)14-15-28-26(33)37-27(4,5)6/h10-13,16-17H,7-9,14-15H2,1-6H3,(H,28,33)(H,29,31)(H,30,32). The Balaban J connectivity index is 1.98. The molecule has 2 rings (SSSR count). The Kier molecular flexibility index (Phi) is 11.0. The van der Waals surface area contributed by atoms with Crippen LogP contribution >= 0.6 is 0 Å². The van der Waals surface area contributed by atoms with Gasteiger partial charge in [0.25, 0.3) is 5.91 Å². The van der Waals surface area contributed by atoms with E-state index in [0.29, 0.717) is 54.0 Å². The number of anilines is 2. The van der Waals surface area contributed by atoms with Crippen LogP contribution in [-0.2, 0) is 9.53 Å². The first-order chi connectivity index (χ1) is 17.6. The van der Waals surface area contributed by atoms with Gasteiger partial charge in [-0.2, -0.15) is 0 Å². The summed E-state index contributed by atoms with van der Waals surface area (Å²) in [6.07, 6.45) is -0.491. The van der Waals surface area contributed by atoms with Crippen molar-refractivity contribution in [3.8, 4) is 17.2 Å². The van der Waals surface area contributed by atoms with Crippen molar-refractivity contribution < 1.29 is 33.3 Å². The van der Waals surface area contributed by atoms with Crippen LogP contribution in [0.25, 0.3) is 0 Å². The summed E-state index contributed by atoms with van der Waals surface area (Å²) in [6.45, 7) is 12.2. The molecule has 202 valence electrons. The van der Waals surface area contributed by atoms with Crippen LogP contribution in [0.1, 0.15) is 58.3 Å². The largest absolute Gasteiger partial charge is 0.490 e. The number of carbonyl (C=O) groups is 3. The first-order valence-electron chi connectivity index (χ1n) is 12.3. The fraction of sp³-hybridized carbons (Fsp3) is 0.444. The fourth-order valence-electron chi connectivity index (χ4n) is 3.18. The van der Waals surface area contributed by atoms with Crippen LogP contribution in [0.3, 0.4) is 0 Å². The van der Waals surface area contributed by atoms with E-state index in [9.17, 15) is 14.4 Å². The van der Waals surface area contributed by atoms with Gasteiger partial charge < -0.3 is 34.9 Å². The van der Waals surface area contributed by atoms with E-state index in [1.165, 1.54) is 0 Å². The second-order valence-electron chi connectivity index (χ2n) is 8.86. The van der Waals surface area contributed by atoms with Crippen molar-refractivity contribution in [2.45, 2.75) is 53.6 Å². The van der Waals surface area contributed by atoms with E-state index >= 15 is 0 Å². The van der Waals surface area contributed by atoms with Crippen LogP contribution < -0.4 is 30.2 Å². The Labute approximate surface area is 218 Å². The van der Waals surface area contributed by atoms with Gasteiger partial charge in [-0.25, -0.2) is 4.79 Å². The maximum atomic E-state index is 12.9. The van der Waals surface area contributed by atoms with Gasteiger partial charge in [0.1, 0.15) is 5.60 Å². The zero-order valence-electron chi connectivity index (χ0n) is 22.4. The van der Waals surface area contributed by atoms with Crippen molar-refractivity contribution in [1.82, 2.24) is 5.32 Å². The maximum absolute atomic E-state index is 12.9. The molecule has 0 saturated carbocycles. The second kappa shape index (κ2) is 14.0. The highest BCUT2D eigenvalue weighted by atomic mass is 16.6. The van der Waals surface area contributed by atoms with Gasteiger partial charge in [-0.15, -0.1) is 0 Å². The average Bonchev–Trinajstić information content (AvgIpc) is 2.81. The molecule has 2 aromatic rings. The minimum Gasteiger partial charge on any atom is -0.490 e. The third-order valence-electron chi connectivity index (χ3n) is 4.62. The predicted octanol–water partition coefficient (Wildman–Crippen LogP) is 4.99. The minimum atomic E-state index is -0.604. The first kappa shape index (κ1) is 29.3. The molecule has 3 N–H and O–H groups in total. The lowest BCUT2D eigenvalue weighted by atomic mass is 10.1. The third-order valence-corrected chi connectivity index (χ3v) is 4.62. The Morgan fingerprint density at radius 2 is 1.30 bits per heavy atom. The summed E-state index contributed by atoms with van der Waals surface area (Å²) in [5.41, 5.74) is 0.844. The van der Waals surface area contributed by atoms with Crippen LogP contribution in [0.4, 0.5) is 16.2 Å². The van der Waals surface area contributed by atoms with Gasteiger partial charge in [0.15, 0.2) is 11.5 Å². The minimum absolute atomic E-state index is 0.0831. The van der Waals surface area contributed by atoms with Gasteiger partial charge in [0.05, 0.1) is 19.8 Å². The molecule has 0 radical (unpaired) electrons. The van der Waals surface area contributed by atoms with Crippen molar-refractivity contribution >= 4 is 29.3 Å². The topological polar surface area (TPSA) is 124 Å². The highest BCUT2D eigenvalue weighted by molar-refractivity contribution is 6.05. The van der Waals surface area contributed by atoms with E-state index in [4.69, 9.17) is 18.9 Å². The Morgan fingerprint density at radius 3 is 1.78 bits per heavy atom. The van der Waals surface area contributed by atoms with Crippen LogP contribution in [0, 0.1) is 0 Å². The van der Waals surface area contributed by atoms with E-state index in [2.05, 4.69) is 16.0 Å². The van der Waals surface area contributed by atoms with E-state index in [-0.39, 0.29) is 24.8 Å². The second-order valence-corrected chi connectivity index (χ2v) is 8.86. The number of hydrogen-bond acceptors (Lipinski definition) is 7. The molecule has 0 aliphatic carbocycles.